The van der Waals surface area contributed by atoms with E-state index >= 15 is 0 Å². The Bertz CT molecular complexity index is 913. The molecule has 3 aromatic rings. The minimum atomic E-state index is -0.154. The molecule has 0 aliphatic heterocycles. The fourth-order valence-electron chi connectivity index (χ4n) is 2.66. The van der Waals surface area contributed by atoms with E-state index in [-0.39, 0.29) is 11.8 Å². The lowest BCUT2D eigenvalue weighted by Crippen LogP contribution is -2.18. The van der Waals surface area contributed by atoms with Gasteiger partial charge in [-0.15, -0.1) is 0 Å². The lowest BCUT2D eigenvalue weighted by Gasteiger charge is -2.07. The molecule has 0 bridgehead atoms. The zero-order valence-corrected chi connectivity index (χ0v) is 14.2. The maximum Gasteiger partial charge on any atom is 0.251 e. The molecule has 3 rings (SSSR count). The number of benzene rings is 2. The Morgan fingerprint density at radius 2 is 1.88 bits per heavy atom. The maximum atomic E-state index is 12.1. The van der Waals surface area contributed by atoms with E-state index in [1.54, 1.807) is 31.3 Å². The van der Waals surface area contributed by atoms with Crippen LogP contribution in [-0.4, -0.2) is 28.6 Å². The van der Waals surface area contributed by atoms with Crippen LogP contribution >= 0.6 is 0 Å². The van der Waals surface area contributed by atoms with Gasteiger partial charge < -0.3 is 10.6 Å². The number of hydrogen-bond donors (Lipinski definition) is 2. The van der Waals surface area contributed by atoms with Gasteiger partial charge in [-0.1, -0.05) is 11.6 Å². The Morgan fingerprint density at radius 3 is 2.60 bits per heavy atom. The van der Waals surface area contributed by atoms with Crippen molar-refractivity contribution < 1.29 is 9.59 Å². The monoisotopic (exact) mass is 336 g/mol. The number of hydrogen-bond acceptors (Lipinski definition) is 3. The van der Waals surface area contributed by atoms with Crippen LogP contribution in [0.25, 0.3) is 10.9 Å². The average Bonchev–Trinajstić information content (AvgIpc) is 3.02. The average molecular weight is 336 g/mol. The largest absolute Gasteiger partial charge is 0.355 e. The molecule has 6 nitrogen and oxygen atoms in total. The van der Waals surface area contributed by atoms with Gasteiger partial charge in [0.25, 0.3) is 5.91 Å². The van der Waals surface area contributed by atoms with Gasteiger partial charge in [-0.05, 0) is 43.3 Å². The summed E-state index contributed by atoms with van der Waals surface area (Å²) < 4.78 is 1.84. The van der Waals surface area contributed by atoms with Crippen LogP contribution in [0, 0.1) is 6.92 Å². The zero-order chi connectivity index (χ0) is 17.8. The highest BCUT2D eigenvalue weighted by Gasteiger charge is 2.08. The summed E-state index contributed by atoms with van der Waals surface area (Å²) in [7, 11) is 1.58. The van der Waals surface area contributed by atoms with Gasteiger partial charge in [0.05, 0.1) is 18.3 Å². The van der Waals surface area contributed by atoms with Gasteiger partial charge in [0.15, 0.2) is 0 Å². The molecule has 6 heteroatoms. The molecule has 1 heterocycles. The van der Waals surface area contributed by atoms with Crippen molar-refractivity contribution in [3.8, 4) is 0 Å². The second-order valence-electron chi connectivity index (χ2n) is 5.88. The summed E-state index contributed by atoms with van der Waals surface area (Å²) in [5.41, 5.74) is 3.43. The molecule has 0 atom stereocenters. The van der Waals surface area contributed by atoms with Crippen molar-refractivity contribution in [2.24, 2.45) is 0 Å². The van der Waals surface area contributed by atoms with Crippen LogP contribution in [0.3, 0.4) is 0 Å². The van der Waals surface area contributed by atoms with E-state index < -0.39 is 0 Å². The van der Waals surface area contributed by atoms with Crippen LogP contribution in [0.4, 0.5) is 5.69 Å². The van der Waals surface area contributed by atoms with Gasteiger partial charge >= 0.3 is 0 Å². The SMILES string of the molecule is CNC(=O)c1ccc(NC(=O)CCn2ncc3cc(C)ccc32)cc1. The topological polar surface area (TPSA) is 76.0 Å². The quantitative estimate of drug-likeness (QED) is 0.752. The van der Waals surface area contributed by atoms with Crippen molar-refractivity contribution in [3.63, 3.8) is 0 Å². The summed E-state index contributed by atoms with van der Waals surface area (Å²) in [4.78, 5) is 23.6. The Morgan fingerprint density at radius 1 is 1.12 bits per heavy atom. The van der Waals surface area contributed by atoms with Gasteiger partial charge in [0, 0.05) is 30.1 Å². The minimum Gasteiger partial charge on any atom is -0.355 e. The first-order chi connectivity index (χ1) is 12.1. The molecular weight excluding hydrogens is 316 g/mol. The normalized spacial score (nSPS) is 10.6. The molecule has 2 amide bonds. The van der Waals surface area contributed by atoms with E-state index in [0.717, 1.165) is 10.9 Å². The van der Waals surface area contributed by atoms with Crippen molar-refractivity contribution >= 4 is 28.4 Å². The number of nitrogens with zero attached hydrogens (tertiary/aromatic N) is 2. The molecule has 0 aliphatic carbocycles. The van der Waals surface area contributed by atoms with Crippen LogP contribution in [-0.2, 0) is 11.3 Å². The number of fused-ring (bicyclic) bond motifs is 1. The van der Waals surface area contributed by atoms with Crippen LogP contribution in [0.1, 0.15) is 22.3 Å². The number of nitrogens with one attached hydrogen (secondary N) is 2. The third kappa shape index (κ3) is 3.85. The summed E-state index contributed by atoms with van der Waals surface area (Å²) in [6.45, 7) is 2.55. The lowest BCUT2D eigenvalue weighted by molar-refractivity contribution is -0.116. The Balaban J connectivity index is 1.60. The maximum absolute atomic E-state index is 12.1. The number of rotatable bonds is 5. The molecule has 2 aromatic carbocycles. The first kappa shape index (κ1) is 16.7. The van der Waals surface area contributed by atoms with Gasteiger partial charge in [-0.25, -0.2) is 0 Å². The summed E-state index contributed by atoms with van der Waals surface area (Å²) >= 11 is 0. The molecular formula is C19H20N4O2. The van der Waals surface area contributed by atoms with Gasteiger partial charge in [-0.2, -0.15) is 5.10 Å². The van der Waals surface area contributed by atoms with E-state index in [9.17, 15) is 9.59 Å². The highest BCUT2D eigenvalue weighted by atomic mass is 16.2. The molecule has 0 saturated carbocycles. The second-order valence-corrected chi connectivity index (χ2v) is 5.88. The molecule has 2 N–H and O–H groups in total. The van der Waals surface area contributed by atoms with Crippen LogP contribution in [0.5, 0.6) is 0 Å². The Hall–Kier alpha value is -3.15. The molecule has 128 valence electrons. The molecule has 0 fully saturated rings. The number of aryl methyl sites for hydroxylation is 2. The Labute approximate surface area is 145 Å². The molecule has 0 radical (unpaired) electrons. The van der Waals surface area contributed by atoms with Gasteiger partial charge in [0.2, 0.25) is 5.91 Å². The summed E-state index contributed by atoms with van der Waals surface area (Å²) in [5, 5.41) is 10.8. The fraction of sp³-hybridized carbons (Fsp3) is 0.211. The van der Waals surface area contributed by atoms with Crippen molar-refractivity contribution in [2.45, 2.75) is 19.9 Å². The number of carbonyl (C=O) groups is 2. The smallest absolute Gasteiger partial charge is 0.251 e. The summed E-state index contributed by atoms with van der Waals surface area (Å²) in [6.07, 6.45) is 2.14. The predicted octanol–water partition coefficient (Wildman–Crippen LogP) is 2.73. The number of anilines is 1. The van der Waals surface area contributed by atoms with E-state index in [0.29, 0.717) is 24.2 Å². The molecule has 25 heavy (non-hydrogen) atoms. The third-order valence-corrected chi connectivity index (χ3v) is 4.01. The summed E-state index contributed by atoms with van der Waals surface area (Å²) in [5.74, 6) is -0.248. The first-order valence-corrected chi connectivity index (χ1v) is 8.11. The zero-order valence-electron chi connectivity index (χ0n) is 14.2. The molecule has 0 saturated heterocycles. The van der Waals surface area contributed by atoms with Crippen molar-refractivity contribution in [1.82, 2.24) is 15.1 Å². The predicted molar refractivity (Wildman–Crippen MR) is 97.5 cm³/mol. The highest BCUT2D eigenvalue weighted by molar-refractivity contribution is 5.95. The van der Waals surface area contributed by atoms with Crippen molar-refractivity contribution in [2.75, 3.05) is 12.4 Å². The molecule has 0 spiro atoms. The number of carbonyl (C=O) groups excluding carboxylic acids is 2. The lowest BCUT2D eigenvalue weighted by atomic mass is 10.2. The van der Waals surface area contributed by atoms with Crippen LogP contribution in [0.15, 0.2) is 48.7 Å². The third-order valence-electron chi connectivity index (χ3n) is 4.01. The van der Waals surface area contributed by atoms with E-state index in [2.05, 4.69) is 21.8 Å². The van der Waals surface area contributed by atoms with Crippen LogP contribution in [0.2, 0.25) is 0 Å². The first-order valence-electron chi connectivity index (χ1n) is 8.11. The molecule has 0 unspecified atom stereocenters. The van der Waals surface area contributed by atoms with E-state index in [4.69, 9.17) is 0 Å². The van der Waals surface area contributed by atoms with E-state index in [1.165, 1.54) is 5.56 Å². The van der Waals surface area contributed by atoms with Crippen molar-refractivity contribution in [1.29, 1.82) is 0 Å². The fourth-order valence-corrected chi connectivity index (χ4v) is 2.66. The minimum absolute atomic E-state index is 0.0940. The number of amides is 2. The molecule has 0 aliphatic rings. The second kappa shape index (κ2) is 7.17. The standard InChI is InChI=1S/C19H20N4O2/c1-13-3-8-17-15(11-13)12-21-23(17)10-9-18(24)22-16-6-4-14(5-7-16)19(25)20-2/h3-8,11-12H,9-10H2,1-2H3,(H,20,25)(H,22,24). The van der Waals surface area contributed by atoms with E-state index in [1.807, 2.05) is 29.9 Å². The summed E-state index contributed by atoms with van der Waals surface area (Å²) in [6, 6.07) is 12.9. The highest BCUT2D eigenvalue weighted by Crippen LogP contribution is 2.16. The van der Waals surface area contributed by atoms with Gasteiger partial charge in [0.1, 0.15) is 0 Å². The Kier molecular flexibility index (Phi) is 4.79. The number of aromatic nitrogens is 2. The van der Waals surface area contributed by atoms with Crippen molar-refractivity contribution in [3.05, 3.63) is 59.8 Å². The van der Waals surface area contributed by atoms with Crippen LogP contribution < -0.4 is 10.6 Å². The molecule has 1 aromatic heterocycles. The van der Waals surface area contributed by atoms with Gasteiger partial charge in [-0.3, -0.25) is 14.3 Å².